The van der Waals surface area contributed by atoms with Gasteiger partial charge in [0.25, 0.3) is 5.91 Å². The zero-order valence-electron chi connectivity index (χ0n) is 13.1. The number of amides is 1. The maximum absolute atomic E-state index is 12.3. The van der Waals surface area contributed by atoms with Crippen LogP contribution >= 0.6 is 0 Å². The third-order valence-corrected chi connectivity index (χ3v) is 4.14. The monoisotopic (exact) mass is 291 g/mol. The van der Waals surface area contributed by atoms with E-state index in [1.807, 2.05) is 0 Å². The van der Waals surface area contributed by atoms with E-state index in [-0.39, 0.29) is 17.4 Å². The summed E-state index contributed by atoms with van der Waals surface area (Å²) in [7, 11) is 0. The van der Waals surface area contributed by atoms with Gasteiger partial charge in [0.05, 0.1) is 11.3 Å². The van der Waals surface area contributed by atoms with E-state index in [2.05, 4.69) is 34.0 Å². The minimum absolute atomic E-state index is 0.0430. The Bertz CT molecular complexity index is 509. The lowest BCUT2D eigenvalue weighted by Gasteiger charge is -2.41. The highest BCUT2D eigenvalue weighted by Crippen LogP contribution is 2.20. The Morgan fingerprint density at radius 1 is 1.38 bits per heavy atom. The molecule has 0 spiro atoms. The summed E-state index contributed by atoms with van der Waals surface area (Å²) in [6, 6.07) is 0. The van der Waals surface area contributed by atoms with E-state index in [1.54, 1.807) is 6.92 Å². The van der Waals surface area contributed by atoms with Gasteiger partial charge < -0.3 is 11.1 Å². The fourth-order valence-corrected chi connectivity index (χ4v) is 2.71. The molecule has 1 aliphatic rings. The molecule has 0 aliphatic carbocycles. The van der Waals surface area contributed by atoms with Gasteiger partial charge in [-0.15, -0.1) is 0 Å². The molecule has 2 rings (SSSR count). The van der Waals surface area contributed by atoms with Crippen molar-refractivity contribution in [2.24, 2.45) is 0 Å². The fraction of sp³-hybridized carbons (Fsp3) is 0.667. The Morgan fingerprint density at radius 3 is 2.67 bits per heavy atom. The summed E-state index contributed by atoms with van der Waals surface area (Å²) in [6.07, 6.45) is 5.27. The number of aryl methyl sites for hydroxylation is 1. The standard InChI is InChI=1S/C15H25N5O/c1-11-12(9-17-14(16)19-11)13(21)18-10-15(2,3)20-7-5-4-6-8-20/h9H,4-8,10H2,1-3H3,(H,18,21)(H2,16,17,19). The predicted molar refractivity (Wildman–Crippen MR) is 83.0 cm³/mol. The zero-order chi connectivity index (χ0) is 15.5. The minimum Gasteiger partial charge on any atom is -0.368 e. The Kier molecular flexibility index (Phi) is 4.77. The second-order valence-electron chi connectivity index (χ2n) is 6.27. The molecule has 0 aromatic carbocycles. The Labute approximate surface area is 126 Å². The molecule has 1 amide bonds. The molecule has 1 aliphatic heterocycles. The van der Waals surface area contributed by atoms with Crippen molar-refractivity contribution in [1.82, 2.24) is 20.2 Å². The van der Waals surface area contributed by atoms with Gasteiger partial charge in [0.15, 0.2) is 0 Å². The number of anilines is 1. The van der Waals surface area contributed by atoms with Crippen LogP contribution in [-0.2, 0) is 0 Å². The molecule has 6 nitrogen and oxygen atoms in total. The number of nitrogen functional groups attached to an aromatic ring is 1. The summed E-state index contributed by atoms with van der Waals surface area (Å²) in [5.41, 5.74) is 6.56. The Hall–Kier alpha value is -1.69. The van der Waals surface area contributed by atoms with Gasteiger partial charge >= 0.3 is 0 Å². The summed E-state index contributed by atoms with van der Waals surface area (Å²) in [6.45, 7) is 8.92. The molecule has 0 unspecified atom stereocenters. The predicted octanol–water partition coefficient (Wildman–Crippen LogP) is 1.36. The van der Waals surface area contributed by atoms with E-state index in [9.17, 15) is 4.79 Å². The van der Waals surface area contributed by atoms with Gasteiger partial charge in [-0.05, 0) is 46.7 Å². The number of nitrogens with one attached hydrogen (secondary N) is 1. The number of piperidine rings is 1. The van der Waals surface area contributed by atoms with Crippen molar-refractivity contribution in [3.63, 3.8) is 0 Å². The second-order valence-corrected chi connectivity index (χ2v) is 6.27. The van der Waals surface area contributed by atoms with Crippen molar-refractivity contribution < 1.29 is 4.79 Å². The fourth-order valence-electron chi connectivity index (χ4n) is 2.71. The van der Waals surface area contributed by atoms with Gasteiger partial charge in [0.1, 0.15) is 0 Å². The van der Waals surface area contributed by atoms with Crippen molar-refractivity contribution in [3.05, 3.63) is 17.5 Å². The number of carbonyl (C=O) groups excluding carboxylic acids is 1. The van der Waals surface area contributed by atoms with E-state index >= 15 is 0 Å². The smallest absolute Gasteiger partial charge is 0.254 e. The number of carbonyl (C=O) groups is 1. The van der Waals surface area contributed by atoms with Crippen molar-refractivity contribution in [2.45, 2.75) is 45.6 Å². The van der Waals surface area contributed by atoms with Gasteiger partial charge in [0, 0.05) is 18.3 Å². The number of nitrogens with two attached hydrogens (primary N) is 1. The Morgan fingerprint density at radius 2 is 2.05 bits per heavy atom. The van der Waals surface area contributed by atoms with Gasteiger partial charge in [0.2, 0.25) is 5.95 Å². The van der Waals surface area contributed by atoms with E-state index in [1.165, 1.54) is 25.5 Å². The van der Waals surface area contributed by atoms with E-state index in [0.29, 0.717) is 17.8 Å². The van der Waals surface area contributed by atoms with Crippen LogP contribution in [0.25, 0.3) is 0 Å². The van der Waals surface area contributed by atoms with Crippen LogP contribution < -0.4 is 11.1 Å². The average Bonchev–Trinajstić information content (AvgIpc) is 2.46. The van der Waals surface area contributed by atoms with Crippen LogP contribution in [0.15, 0.2) is 6.20 Å². The number of hydrogen-bond donors (Lipinski definition) is 2. The van der Waals surface area contributed by atoms with Gasteiger partial charge in [-0.1, -0.05) is 6.42 Å². The lowest BCUT2D eigenvalue weighted by molar-refractivity contribution is 0.0796. The van der Waals surface area contributed by atoms with Crippen molar-refractivity contribution in [1.29, 1.82) is 0 Å². The molecule has 1 aromatic heterocycles. The molecular weight excluding hydrogens is 266 g/mol. The summed E-state index contributed by atoms with van der Waals surface area (Å²) in [5.74, 6) is 0.0512. The molecule has 3 N–H and O–H groups in total. The van der Waals surface area contributed by atoms with E-state index < -0.39 is 0 Å². The largest absolute Gasteiger partial charge is 0.368 e. The summed E-state index contributed by atoms with van der Waals surface area (Å²) < 4.78 is 0. The summed E-state index contributed by atoms with van der Waals surface area (Å²) in [4.78, 5) is 22.6. The third-order valence-electron chi connectivity index (χ3n) is 4.14. The van der Waals surface area contributed by atoms with Crippen LogP contribution in [0.2, 0.25) is 0 Å². The second kappa shape index (κ2) is 6.39. The maximum Gasteiger partial charge on any atom is 0.254 e. The zero-order valence-corrected chi connectivity index (χ0v) is 13.1. The van der Waals surface area contributed by atoms with Gasteiger partial charge in [-0.3, -0.25) is 9.69 Å². The Balaban J connectivity index is 1.96. The summed E-state index contributed by atoms with van der Waals surface area (Å²) in [5, 5.41) is 3.00. The highest BCUT2D eigenvalue weighted by molar-refractivity contribution is 5.95. The first-order chi connectivity index (χ1) is 9.90. The first-order valence-corrected chi connectivity index (χ1v) is 7.52. The molecule has 116 valence electrons. The van der Waals surface area contributed by atoms with Crippen LogP contribution in [0.1, 0.15) is 49.2 Å². The molecular formula is C15H25N5O. The quantitative estimate of drug-likeness (QED) is 0.875. The molecule has 1 fully saturated rings. The number of hydrogen-bond acceptors (Lipinski definition) is 5. The molecule has 0 radical (unpaired) electrons. The SMILES string of the molecule is Cc1nc(N)ncc1C(=O)NCC(C)(C)N1CCCCC1. The first kappa shape index (κ1) is 15.7. The normalized spacial score (nSPS) is 16.7. The minimum atomic E-state index is -0.141. The van der Waals surface area contributed by atoms with Crippen LogP contribution in [0, 0.1) is 6.92 Å². The highest BCUT2D eigenvalue weighted by atomic mass is 16.1. The number of aromatic nitrogens is 2. The van der Waals surface area contributed by atoms with Gasteiger partial charge in [-0.2, -0.15) is 0 Å². The summed E-state index contributed by atoms with van der Waals surface area (Å²) >= 11 is 0. The third kappa shape index (κ3) is 3.91. The highest BCUT2D eigenvalue weighted by Gasteiger charge is 2.28. The van der Waals surface area contributed by atoms with Crippen molar-refractivity contribution in [3.8, 4) is 0 Å². The maximum atomic E-state index is 12.3. The number of likely N-dealkylation sites (tertiary alicyclic amines) is 1. The topological polar surface area (TPSA) is 84.1 Å². The van der Waals surface area contributed by atoms with Gasteiger partial charge in [-0.25, -0.2) is 9.97 Å². The van der Waals surface area contributed by atoms with Crippen LogP contribution in [0.5, 0.6) is 0 Å². The van der Waals surface area contributed by atoms with Crippen LogP contribution in [0.4, 0.5) is 5.95 Å². The van der Waals surface area contributed by atoms with Crippen molar-refractivity contribution >= 4 is 11.9 Å². The molecule has 0 bridgehead atoms. The lowest BCUT2D eigenvalue weighted by Crippen LogP contribution is -2.53. The van der Waals surface area contributed by atoms with Crippen molar-refractivity contribution in [2.75, 3.05) is 25.4 Å². The van der Waals surface area contributed by atoms with E-state index in [0.717, 1.165) is 13.1 Å². The van der Waals surface area contributed by atoms with Crippen LogP contribution in [0.3, 0.4) is 0 Å². The molecule has 6 heteroatoms. The molecule has 0 saturated carbocycles. The number of rotatable bonds is 4. The molecule has 2 heterocycles. The average molecular weight is 291 g/mol. The molecule has 21 heavy (non-hydrogen) atoms. The van der Waals surface area contributed by atoms with Crippen LogP contribution in [-0.4, -0.2) is 45.9 Å². The lowest BCUT2D eigenvalue weighted by atomic mass is 9.98. The molecule has 0 atom stereocenters. The first-order valence-electron chi connectivity index (χ1n) is 7.52. The van der Waals surface area contributed by atoms with E-state index in [4.69, 9.17) is 5.73 Å². The molecule has 1 aromatic rings. The molecule has 1 saturated heterocycles. The number of nitrogens with zero attached hydrogens (tertiary/aromatic N) is 3.